The van der Waals surface area contributed by atoms with Crippen LogP contribution in [-0.4, -0.2) is 37.6 Å². The van der Waals surface area contributed by atoms with Crippen LogP contribution in [0.1, 0.15) is 33.6 Å². The summed E-state index contributed by atoms with van der Waals surface area (Å²) in [6.07, 6.45) is 9.09. The standard InChI is InChI=1S/C15H28N2/c1-5-6-7-8-13(2)11-17-10-9-15(12-17)14(3)16-4/h6-8,14-16H,5,9-12H2,1-4H3/b7-6-,13-8+/t14-,15-/m0/s1. The van der Waals surface area contributed by atoms with Crippen molar-refractivity contribution in [3.63, 3.8) is 0 Å². The number of hydrogen-bond donors (Lipinski definition) is 1. The van der Waals surface area contributed by atoms with E-state index in [2.05, 4.69) is 56.3 Å². The van der Waals surface area contributed by atoms with Crippen molar-refractivity contribution in [1.82, 2.24) is 10.2 Å². The minimum Gasteiger partial charge on any atom is -0.317 e. The number of nitrogens with one attached hydrogen (secondary N) is 1. The Balaban J connectivity index is 2.34. The van der Waals surface area contributed by atoms with Gasteiger partial charge in [0.25, 0.3) is 0 Å². The lowest BCUT2D eigenvalue weighted by Gasteiger charge is -2.20. The van der Waals surface area contributed by atoms with Gasteiger partial charge in [-0.25, -0.2) is 0 Å². The van der Waals surface area contributed by atoms with Gasteiger partial charge in [-0.3, -0.25) is 4.90 Å². The first-order chi connectivity index (χ1) is 8.17. The summed E-state index contributed by atoms with van der Waals surface area (Å²) < 4.78 is 0. The molecule has 0 aromatic rings. The Kier molecular flexibility index (Phi) is 6.53. The van der Waals surface area contributed by atoms with Crippen molar-refractivity contribution in [1.29, 1.82) is 0 Å². The largest absolute Gasteiger partial charge is 0.317 e. The highest BCUT2D eigenvalue weighted by Gasteiger charge is 2.25. The molecule has 0 radical (unpaired) electrons. The molecular weight excluding hydrogens is 208 g/mol. The predicted octanol–water partition coefficient (Wildman–Crippen LogP) is 2.83. The Morgan fingerprint density at radius 3 is 2.94 bits per heavy atom. The summed E-state index contributed by atoms with van der Waals surface area (Å²) in [7, 11) is 2.06. The number of hydrogen-bond acceptors (Lipinski definition) is 2. The Labute approximate surface area is 107 Å². The van der Waals surface area contributed by atoms with Crippen molar-refractivity contribution >= 4 is 0 Å². The van der Waals surface area contributed by atoms with Crippen LogP contribution in [0.4, 0.5) is 0 Å². The van der Waals surface area contributed by atoms with Gasteiger partial charge in [-0.1, -0.05) is 30.7 Å². The van der Waals surface area contributed by atoms with Gasteiger partial charge in [0, 0.05) is 19.1 Å². The van der Waals surface area contributed by atoms with Crippen molar-refractivity contribution in [2.75, 3.05) is 26.7 Å². The third kappa shape index (κ3) is 5.05. The number of nitrogens with zero attached hydrogens (tertiary/aromatic N) is 1. The first-order valence-electron chi connectivity index (χ1n) is 6.89. The predicted molar refractivity (Wildman–Crippen MR) is 76.3 cm³/mol. The average molecular weight is 236 g/mol. The minimum atomic E-state index is 0.643. The van der Waals surface area contributed by atoms with E-state index in [1.807, 2.05) is 0 Å². The minimum absolute atomic E-state index is 0.643. The van der Waals surface area contributed by atoms with E-state index in [0.717, 1.165) is 18.9 Å². The molecule has 1 rings (SSSR count). The third-order valence-corrected chi connectivity index (χ3v) is 3.70. The molecule has 1 saturated heterocycles. The first kappa shape index (κ1) is 14.5. The molecule has 17 heavy (non-hydrogen) atoms. The lowest BCUT2D eigenvalue weighted by Crippen LogP contribution is -2.33. The van der Waals surface area contributed by atoms with E-state index in [4.69, 9.17) is 0 Å². The van der Waals surface area contributed by atoms with Gasteiger partial charge in [0.2, 0.25) is 0 Å². The molecule has 0 aliphatic carbocycles. The van der Waals surface area contributed by atoms with E-state index in [-0.39, 0.29) is 0 Å². The van der Waals surface area contributed by atoms with Crippen LogP contribution in [-0.2, 0) is 0 Å². The maximum absolute atomic E-state index is 3.37. The zero-order valence-corrected chi connectivity index (χ0v) is 11.9. The molecule has 98 valence electrons. The van der Waals surface area contributed by atoms with E-state index in [9.17, 15) is 0 Å². The van der Waals surface area contributed by atoms with Crippen molar-refractivity contribution < 1.29 is 0 Å². The van der Waals surface area contributed by atoms with Gasteiger partial charge in [-0.2, -0.15) is 0 Å². The lowest BCUT2D eigenvalue weighted by molar-refractivity contribution is 0.329. The molecule has 0 aromatic carbocycles. The van der Waals surface area contributed by atoms with Crippen LogP contribution in [0.2, 0.25) is 0 Å². The molecule has 0 saturated carbocycles. The Morgan fingerprint density at radius 2 is 2.29 bits per heavy atom. The van der Waals surface area contributed by atoms with Gasteiger partial charge in [0.15, 0.2) is 0 Å². The number of allylic oxidation sites excluding steroid dienone is 3. The Morgan fingerprint density at radius 1 is 1.53 bits per heavy atom. The molecular formula is C15H28N2. The molecule has 0 amide bonds. The number of likely N-dealkylation sites (tertiary alicyclic amines) is 1. The van der Waals surface area contributed by atoms with Crippen LogP contribution in [0, 0.1) is 5.92 Å². The molecule has 0 bridgehead atoms. The Hall–Kier alpha value is -0.600. The highest BCUT2D eigenvalue weighted by atomic mass is 15.1. The molecule has 1 aliphatic heterocycles. The molecule has 2 nitrogen and oxygen atoms in total. The second kappa shape index (κ2) is 7.67. The van der Waals surface area contributed by atoms with E-state index >= 15 is 0 Å². The van der Waals surface area contributed by atoms with E-state index in [1.54, 1.807) is 0 Å². The summed E-state index contributed by atoms with van der Waals surface area (Å²) in [6.45, 7) is 10.3. The maximum Gasteiger partial charge on any atom is 0.0193 e. The molecule has 2 atom stereocenters. The molecule has 1 fully saturated rings. The second-order valence-corrected chi connectivity index (χ2v) is 5.21. The second-order valence-electron chi connectivity index (χ2n) is 5.21. The summed E-state index contributed by atoms with van der Waals surface area (Å²) in [4.78, 5) is 2.57. The van der Waals surface area contributed by atoms with Crippen LogP contribution >= 0.6 is 0 Å². The quantitative estimate of drug-likeness (QED) is 0.713. The zero-order valence-electron chi connectivity index (χ0n) is 11.9. The van der Waals surface area contributed by atoms with E-state index in [0.29, 0.717) is 6.04 Å². The first-order valence-corrected chi connectivity index (χ1v) is 6.89. The van der Waals surface area contributed by atoms with E-state index in [1.165, 1.54) is 25.1 Å². The van der Waals surface area contributed by atoms with Gasteiger partial charge in [-0.15, -0.1) is 0 Å². The maximum atomic E-state index is 3.37. The van der Waals surface area contributed by atoms with E-state index < -0.39 is 0 Å². The molecule has 0 unspecified atom stereocenters. The normalized spacial score (nSPS) is 24.7. The molecule has 1 N–H and O–H groups in total. The van der Waals surface area contributed by atoms with Gasteiger partial charge in [0.05, 0.1) is 0 Å². The lowest BCUT2D eigenvalue weighted by atomic mass is 10.0. The fourth-order valence-corrected chi connectivity index (χ4v) is 2.42. The summed E-state index contributed by atoms with van der Waals surface area (Å²) in [5.41, 5.74) is 1.47. The fraction of sp³-hybridized carbons (Fsp3) is 0.733. The Bertz CT molecular complexity index is 268. The van der Waals surface area contributed by atoms with Gasteiger partial charge < -0.3 is 5.32 Å². The molecule has 0 spiro atoms. The van der Waals surface area contributed by atoms with Crippen molar-refractivity contribution in [2.24, 2.45) is 5.92 Å². The van der Waals surface area contributed by atoms with Crippen LogP contribution in [0.3, 0.4) is 0 Å². The number of rotatable bonds is 6. The van der Waals surface area contributed by atoms with Crippen LogP contribution in [0.15, 0.2) is 23.8 Å². The third-order valence-electron chi connectivity index (χ3n) is 3.70. The molecule has 2 heteroatoms. The van der Waals surface area contributed by atoms with Crippen molar-refractivity contribution in [3.8, 4) is 0 Å². The molecule has 0 aromatic heterocycles. The molecule has 1 heterocycles. The summed E-state index contributed by atoms with van der Waals surface area (Å²) >= 11 is 0. The monoisotopic (exact) mass is 236 g/mol. The smallest absolute Gasteiger partial charge is 0.0193 e. The van der Waals surface area contributed by atoms with Crippen LogP contribution in [0.5, 0.6) is 0 Å². The van der Waals surface area contributed by atoms with Crippen molar-refractivity contribution in [3.05, 3.63) is 23.8 Å². The van der Waals surface area contributed by atoms with Gasteiger partial charge in [0.1, 0.15) is 0 Å². The van der Waals surface area contributed by atoms with Crippen molar-refractivity contribution in [2.45, 2.75) is 39.7 Å². The summed E-state index contributed by atoms with van der Waals surface area (Å²) in [6, 6.07) is 0.643. The highest BCUT2D eigenvalue weighted by molar-refractivity contribution is 5.12. The molecule has 1 aliphatic rings. The van der Waals surface area contributed by atoms with Gasteiger partial charge in [-0.05, 0) is 46.2 Å². The fourth-order valence-electron chi connectivity index (χ4n) is 2.42. The average Bonchev–Trinajstić information content (AvgIpc) is 2.77. The zero-order chi connectivity index (χ0) is 12.7. The van der Waals surface area contributed by atoms with Gasteiger partial charge >= 0.3 is 0 Å². The van der Waals surface area contributed by atoms with Crippen LogP contribution < -0.4 is 5.32 Å². The summed E-state index contributed by atoms with van der Waals surface area (Å²) in [5.74, 6) is 0.819. The topological polar surface area (TPSA) is 15.3 Å². The SMILES string of the molecule is CC/C=C\C=C(/C)CN1CC[C@H]([C@H](C)NC)C1. The highest BCUT2D eigenvalue weighted by Crippen LogP contribution is 2.20. The summed E-state index contributed by atoms with van der Waals surface area (Å²) in [5, 5.41) is 3.37. The van der Waals surface area contributed by atoms with Crippen LogP contribution in [0.25, 0.3) is 0 Å².